The van der Waals surface area contributed by atoms with Crippen LogP contribution in [0.1, 0.15) is 35.5 Å². The number of nitrogens with zero attached hydrogens (tertiary/aromatic N) is 1. The fourth-order valence-electron chi connectivity index (χ4n) is 1.07. The lowest BCUT2D eigenvalue weighted by Crippen LogP contribution is -2.19. The van der Waals surface area contributed by atoms with Gasteiger partial charge in [-0.2, -0.15) is 0 Å². The Morgan fingerprint density at radius 1 is 1.53 bits per heavy atom. The molecule has 0 aliphatic carbocycles. The zero-order chi connectivity index (χ0) is 11.8. The third-order valence-electron chi connectivity index (χ3n) is 1.76. The lowest BCUT2D eigenvalue weighted by atomic mass is 10.1. The van der Waals surface area contributed by atoms with Crippen molar-refractivity contribution in [2.24, 2.45) is 0 Å². The lowest BCUT2D eigenvalue weighted by Gasteiger charge is -2.04. The summed E-state index contributed by atoms with van der Waals surface area (Å²) in [6.07, 6.45) is 3.21. The molecule has 0 saturated carbocycles. The van der Waals surface area contributed by atoms with Gasteiger partial charge in [0.15, 0.2) is 0 Å². The summed E-state index contributed by atoms with van der Waals surface area (Å²) in [6, 6.07) is 1.83. The number of aryl methyl sites for hydroxylation is 1. The smallest absolute Gasteiger partial charge is 0.253 e. The van der Waals surface area contributed by atoms with Crippen molar-refractivity contribution < 1.29 is 4.79 Å². The maximum atomic E-state index is 11.3. The average Bonchev–Trinajstić information content (AvgIpc) is 2.30. The van der Waals surface area contributed by atoms with Crippen LogP contribution in [0, 0.1) is 6.92 Å². The molecule has 0 aromatic carbocycles. The minimum Gasteiger partial charge on any atom is -0.355 e. The topological polar surface area (TPSA) is 42.0 Å². The van der Waals surface area contributed by atoms with Crippen LogP contribution in [0.4, 0.5) is 0 Å². The predicted molar refractivity (Wildman–Crippen MR) is 63.8 cm³/mol. The van der Waals surface area contributed by atoms with Crippen LogP contribution in [-0.4, -0.2) is 17.9 Å². The second-order valence-corrected chi connectivity index (χ2v) is 2.70. The second kappa shape index (κ2) is 6.76. The molecule has 1 N–H and O–H groups in total. The first-order chi connectivity index (χ1) is 7.19. The SMILES string of the molecule is C=Cc1cc(C)ncc1C(=O)NC.CC. The number of hydrogen-bond donors (Lipinski definition) is 1. The normalized spacial score (nSPS) is 8.53. The molecule has 0 saturated heterocycles. The first kappa shape index (κ1) is 13.4. The molecule has 15 heavy (non-hydrogen) atoms. The highest BCUT2D eigenvalue weighted by Gasteiger charge is 2.07. The Hall–Kier alpha value is -1.64. The summed E-state index contributed by atoms with van der Waals surface area (Å²) in [5.41, 5.74) is 2.25. The van der Waals surface area contributed by atoms with Crippen LogP contribution in [0.15, 0.2) is 18.8 Å². The zero-order valence-electron chi connectivity index (χ0n) is 9.79. The Morgan fingerprint density at radius 2 is 2.13 bits per heavy atom. The molecule has 0 spiro atoms. The number of carbonyl (C=O) groups excluding carboxylic acids is 1. The Labute approximate surface area is 91.2 Å². The highest BCUT2D eigenvalue weighted by atomic mass is 16.1. The molecule has 1 heterocycles. The largest absolute Gasteiger partial charge is 0.355 e. The van der Waals surface area contributed by atoms with Gasteiger partial charge in [0.05, 0.1) is 5.56 Å². The van der Waals surface area contributed by atoms with E-state index in [4.69, 9.17) is 0 Å². The number of rotatable bonds is 2. The van der Waals surface area contributed by atoms with E-state index in [0.29, 0.717) is 5.56 Å². The highest BCUT2D eigenvalue weighted by Crippen LogP contribution is 2.10. The molecule has 0 atom stereocenters. The number of amides is 1. The predicted octanol–water partition coefficient (Wildman–Crippen LogP) is 2.42. The van der Waals surface area contributed by atoms with Crippen molar-refractivity contribution in [1.82, 2.24) is 10.3 Å². The summed E-state index contributed by atoms with van der Waals surface area (Å²) in [5.74, 6) is -0.137. The Bertz CT molecular complexity index is 345. The molecule has 82 valence electrons. The van der Waals surface area contributed by atoms with E-state index >= 15 is 0 Å². The average molecular weight is 206 g/mol. The van der Waals surface area contributed by atoms with Gasteiger partial charge in [0.1, 0.15) is 0 Å². The maximum absolute atomic E-state index is 11.3. The van der Waals surface area contributed by atoms with E-state index in [1.165, 1.54) is 0 Å². The zero-order valence-corrected chi connectivity index (χ0v) is 9.79. The number of nitrogens with one attached hydrogen (secondary N) is 1. The van der Waals surface area contributed by atoms with Crippen LogP contribution in [0.5, 0.6) is 0 Å². The first-order valence-electron chi connectivity index (χ1n) is 5.00. The van der Waals surface area contributed by atoms with Gasteiger partial charge < -0.3 is 5.32 Å². The van der Waals surface area contributed by atoms with Crippen LogP contribution in [0.3, 0.4) is 0 Å². The lowest BCUT2D eigenvalue weighted by molar-refractivity contribution is 0.0962. The Kier molecular flexibility index (Phi) is 6.02. The van der Waals surface area contributed by atoms with Crippen molar-refractivity contribution in [3.63, 3.8) is 0 Å². The van der Waals surface area contributed by atoms with Gasteiger partial charge in [-0.3, -0.25) is 9.78 Å². The molecule has 3 heteroatoms. The molecule has 3 nitrogen and oxygen atoms in total. The Balaban J connectivity index is 0.000000921. The van der Waals surface area contributed by atoms with Gasteiger partial charge in [-0.25, -0.2) is 0 Å². The molecular formula is C12H18N2O. The molecule has 1 rings (SSSR count). The molecule has 0 aliphatic rings. The monoisotopic (exact) mass is 206 g/mol. The van der Waals surface area contributed by atoms with Gasteiger partial charge in [-0.05, 0) is 18.6 Å². The van der Waals surface area contributed by atoms with E-state index < -0.39 is 0 Å². The molecule has 0 radical (unpaired) electrons. The van der Waals surface area contributed by atoms with Crippen molar-refractivity contribution >= 4 is 12.0 Å². The van der Waals surface area contributed by atoms with E-state index in [9.17, 15) is 4.79 Å². The number of aromatic nitrogens is 1. The highest BCUT2D eigenvalue weighted by molar-refractivity contribution is 5.97. The van der Waals surface area contributed by atoms with E-state index in [0.717, 1.165) is 11.3 Å². The van der Waals surface area contributed by atoms with Crippen molar-refractivity contribution in [2.45, 2.75) is 20.8 Å². The Morgan fingerprint density at radius 3 is 2.60 bits per heavy atom. The fraction of sp³-hybridized carbons (Fsp3) is 0.333. The van der Waals surface area contributed by atoms with Gasteiger partial charge in [0.25, 0.3) is 5.91 Å². The van der Waals surface area contributed by atoms with E-state index in [1.54, 1.807) is 19.3 Å². The molecule has 1 aromatic heterocycles. The molecule has 0 bridgehead atoms. The third-order valence-corrected chi connectivity index (χ3v) is 1.76. The van der Waals surface area contributed by atoms with Crippen molar-refractivity contribution in [2.75, 3.05) is 7.05 Å². The van der Waals surface area contributed by atoms with Gasteiger partial charge in [0, 0.05) is 18.9 Å². The molecule has 1 aromatic rings. The number of carbonyl (C=O) groups is 1. The summed E-state index contributed by atoms with van der Waals surface area (Å²) in [4.78, 5) is 15.4. The van der Waals surface area contributed by atoms with Crippen LogP contribution >= 0.6 is 0 Å². The van der Waals surface area contributed by atoms with Crippen LogP contribution in [0.2, 0.25) is 0 Å². The number of hydrogen-bond acceptors (Lipinski definition) is 2. The molecule has 0 aliphatic heterocycles. The summed E-state index contributed by atoms with van der Waals surface area (Å²) >= 11 is 0. The number of pyridine rings is 1. The molecular weight excluding hydrogens is 188 g/mol. The van der Waals surface area contributed by atoms with Crippen LogP contribution in [0.25, 0.3) is 6.08 Å². The first-order valence-corrected chi connectivity index (χ1v) is 5.00. The summed E-state index contributed by atoms with van der Waals surface area (Å²) in [5, 5.41) is 2.55. The maximum Gasteiger partial charge on any atom is 0.253 e. The summed E-state index contributed by atoms with van der Waals surface area (Å²) in [6.45, 7) is 9.52. The third kappa shape index (κ3) is 3.54. The van der Waals surface area contributed by atoms with Crippen LogP contribution in [-0.2, 0) is 0 Å². The van der Waals surface area contributed by atoms with Crippen molar-refractivity contribution in [3.05, 3.63) is 35.7 Å². The minimum atomic E-state index is -0.137. The summed E-state index contributed by atoms with van der Waals surface area (Å²) in [7, 11) is 1.59. The van der Waals surface area contributed by atoms with Crippen molar-refractivity contribution in [3.8, 4) is 0 Å². The van der Waals surface area contributed by atoms with E-state index in [2.05, 4.69) is 16.9 Å². The summed E-state index contributed by atoms with van der Waals surface area (Å²) < 4.78 is 0. The van der Waals surface area contributed by atoms with Gasteiger partial charge in [0.2, 0.25) is 0 Å². The molecule has 1 amide bonds. The molecule has 0 fully saturated rings. The molecule has 0 unspecified atom stereocenters. The quantitative estimate of drug-likeness (QED) is 0.807. The van der Waals surface area contributed by atoms with Crippen LogP contribution < -0.4 is 5.32 Å². The van der Waals surface area contributed by atoms with Gasteiger partial charge in [-0.15, -0.1) is 0 Å². The second-order valence-electron chi connectivity index (χ2n) is 2.70. The standard InChI is InChI=1S/C10H12N2O.C2H6/c1-4-8-5-7(2)12-6-9(8)10(13)11-3;1-2/h4-6H,1H2,2-3H3,(H,11,13);1-2H3. The van der Waals surface area contributed by atoms with E-state index in [-0.39, 0.29) is 5.91 Å². The van der Waals surface area contributed by atoms with Gasteiger partial charge in [-0.1, -0.05) is 26.5 Å². The minimum absolute atomic E-state index is 0.137. The fourth-order valence-corrected chi connectivity index (χ4v) is 1.07. The van der Waals surface area contributed by atoms with Crippen molar-refractivity contribution in [1.29, 1.82) is 0 Å². The van der Waals surface area contributed by atoms with E-state index in [1.807, 2.05) is 26.8 Å². The van der Waals surface area contributed by atoms with Gasteiger partial charge >= 0.3 is 0 Å².